The molecule has 172 valence electrons. The van der Waals surface area contributed by atoms with Crippen LogP contribution in [0.25, 0.3) is 0 Å². The van der Waals surface area contributed by atoms with Crippen molar-refractivity contribution in [1.82, 2.24) is 14.8 Å². The minimum Gasteiger partial charge on any atom is -0.378 e. The molecule has 1 aromatic heterocycles. The fraction of sp³-hybridized carbons (Fsp3) is 0.520. The molecule has 2 aliphatic rings. The Hall–Kier alpha value is -2.64. The molecule has 2 saturated heterocycles. The molecule has 4 rings (SSSR count). The summed E-state index contributed by atoms with van der Waals surface area (Å²) in [5, 5.41) is 0. The van der Waals surface area contributed by atoms with E-state index in [1.54, 1.807) is 0 Å². The van der Waals surface area contributed by atoms with E-state index in [0.717, 1.165) is 62.7 Å². The summed E-state index contributed by atoms with van der Waals surface area (Å²) in [6, 6.07) is 14.5. The molecule has 1 aromatic carbocycles. The monoisotopic (exact) mass is 437 g/mol. The van der Waals surface area contributed by atoms with E-state index in [2.05, 4.69) is 43.9 Å². The summed E-state index contributed by atoms with van der Waals surface area (Å²) < 4.78 is 5.85. The number of carbonyl (C=O) groups is 1. The first kappa shape index (κ1) is 22.6. The van der Waals surface area contributed by atoms with Crippen LogP contribution in [0.15, 0.2) is 48.7 Å². The Balaban J connectivity index is 1.35. The molecule has 0 bridgehead atoms. The van der Waals surface area contributed by atoms with Gasteiger partial charge in [0, 0.05) is 71.9 Å². The predicted octanol–water partition coefficient (Wildman–Crippen LogP) is 2.48. The first-order chi connectivity index (χ1) is 15.6. The van der Waals surface area contributed by atoms with Gasteiger partial charge < -0.3 is 19.4 Å². The molecular formula is C25H35N5O2. The maximum absolute atomic E-state index is 13.3. The highest BCUT2D eigenvalue weighted by atomic mass is 16.5. The van der Waals surface area contributed by atoms with E-state index in [-0.39, 0.29) is 12.0 Å². The molecule has 0 radical (unpaired) electrons. The molecule has 2 fully saturated rings. The van der Waals surface area contributed by atoms with E-state index < -0.39 is 0 Å². The third-order valence-electron chi connectivity index (χ3n) is 6.33. The van der Waals surface area contributed by atoms with E-state index in [0.29, 0.717) is 19.6 Å². The van der Waals surface area contributed by atoms with E-state index >= 15 is 0 Å². The number of aromatic nitrogens is 1. The number of ether oxygens (including phenoxy) is 1. The molecule has 0 aliphatic carbocycles. The molecule has 0 saturated carbocycles. The molecule has 7 nitrogen and oxygen atoms in total. The minimum absolute atomic E-state index is 0.154. The number of piperazine rings is 1. The van der Waals surface area contributed by atoms with Crippen molar-refractivity contribution < 1.29 is 9.53 Å². The topological polar surface area (TPSA) is 52.2 Å². The zero-order valence-electron chi connectivity index (χ0n) is 19.3. The summed E-state index contributed by atoms with van der Waals surface area (Å²) in [4.78, 5) is 26.4. The smallest absolute Gasteiger partial charge is 0.237 e. The Morgan fingerprint density at radius 2 is 1.88 bits per heavy atom. The average molecular weight is 438 g/mol. The van der Waals surface area contributed by atoms with Crippen LogP contribution in [-0.4, -0.2) is 86.8 Å². The van der Waals surface area contributed by atoms with Gasteiger partial charge >= 0.3 is 0 Å². The zero-order chi connectivity index (χ0) is 22.3. The van der Waals surface area contributed by atoms with E-state index in [1.165, 1.54) is 0 Å². The largest absolute Gasteiger partial charge is 0.378 e. The number of carbonyl (C=O) groups excluding carboxylic acids is 1. The second kappa shape index (κ2) is 10.8. The molecule has 32 heavy (non-hydrogen) atoms. The van der Waals surface area contributed by atoms with Crippen molar-refractivity contribution in [3.05, 3.63) is 54.2 Å². The lowest BCUT2D eigenvalue weighted by Gasteiger charge is -2.36. The van der Waals surface area contributed by atoms with Crippen molar-refractivity contribution in [2.24, 2.45) is 0 Å². The number of anilines is 2. The Labute approximate surface area is 191 Å². The summed E-state index contributed by atoms with van der Waals surface area (Å²) >= 11 is 0. The van der Waals surface area contributed by atoms with Gasteiger partial charge in [0.25, 0.3) is 0 Å². The summed E-state index contributed by atoms with van der Waals surface area (Å²) in [5.74, 6) is 1.20. The Morgan fingerprint density at radius 1 is 1.09 bits per heavy atom. The SMILES string of the molecule is CN(C)c1ccc(CN(CC2CCCO2)C(=O)CN2CCN(c3ccccn3)CC2)cc1. The fourth-order valence-electron chi connectivity index (χ4n) is 4.38. The van der Waals surface area contributed by atoms with Crippen LogP contribution in [0.2, 0.25) is 0 Å². The molecule has 1 atom stereocenters. The Kier molecular flexibility index (Phi) is 7.60. The standard InChI is InChI=1S/C25H35N5O2/c1-27(2)22-10-8-21(9-11-22)18-30(19-23-6-5-17-32-23)25(31)20-28-13-15-29(16-14-28)24-7-3-4-12-26-24/h3-4,7-12,23H,5-6,13-20H2,1-2H3. The van der Waals surface area contributed by atoms with E-state index in [9.17, 15) is 4.79 Å². The summed E-state index contributed by atoms with van der Waals surface area (Å²) in [5.41, 5.74) is 2.32. The van der Waals surface area contributed by atoms with E-state index in [4.69, 9.17) is 4.74 Å². The van der Waals surface area contributed by atoms with Crippen LogP contribution in [0.1, 0.15) is 18.4 Å². The van der Waals surface area contributed by atoms with Crippen molar-refractivity contribution in [3.63, 3.8) is 0 Å². The summed E-state index contributed by atoms with van der Waals surface area (Å²) in [6.45, 7) is 6.08. The summed E-state index contributed by atoms with van der Waals surface area (Å²) in [7, 11) is 4.08. The highest BCUT2D eigenvalue weighted by molar-refractivity contribution is 5.78. The lowest BCUT2D eigenvalue weighted by atomic mass is 10.1. The zero-order valence-corrected chi connectivity index (χ0v) is 19.3. The molecule has 1 unspecified atom stereocenters. The van der Waals surface area contributed by atoms with Gasteiger partial charge in [-0.05, 0) is 42.7 Å². The average Bonchev–Trinajstić information content (AvgIpc) is 3.33. The lowest BCUT2D eigenvalue weighted by Crippen LogP contribution is -2.51. The lowest BCUT2D eigenvalue weighted by molar-refractivity contribution is -0.134. The predicted molar refractivity (Wildman–Crippen MR) is 128 cm³/mol. The second-order valence-corrected chi connectivity index (χ2v) is 8.92. The maximum Gasteiger partial charge on any atom is 0.237 e. The summed E-state index contributed by atoms with van der Waals surface area (Å²) in [6.07, 6.45) is 4.10. The van der Waals surface area contributed by atoms with Gasteiger partial charge in [0.15, 0.2) is 0 Å². The van der Waals surface area contributed by atoms with Gasteiger partial charge in [-0.3, -0.25) is 9.69 Å². The van der Waals surface area contributed by atoms with Crippen molar-refractivity contribution in [1.29, 1.82) is 0 Å². The second-order valence-electron chi connectivity index (χ2n) is 8.92. The third kappa shape index (κ3) is 5.99. The number of nitrogens with zero attached hydrogens (tertiary/aromatic N) is 5. The van der Waals surface area contributed by atoms with Crippen LogP contribution < -0.4 is 9.80 Å². The van der Waals surface area contributed by atoms with Gasteiger partial charge in [-0.25, -0.2) is 4.98 Å². The maximum atomic E-state index is 13.3. The Morgan fingerprint density at radius 3 is 2.50 bits per heavy atom. The quantitative estimate of drug-likeness (QED) is 0.633. The van der Waals surface area contributed by atoms with Gasteiger partial charge in [0.05, 0.1) is 12.6 Å². The third-order valence-corrected chi connectivity index (χ3v) is 6.33. The molecule has 2 aromatic rings. The fourth-order valence-corrected chi connectivity index (χ4v) is 4.38. The van der Waals surface area contributed by atoms with Crippen LogP contribution in [0.4, 0.5) is 11.5 Å². The molecule has 0 N–H and O–H groups in total. The first-order valence-corrected chi connectivity index (χ1v) is 11.6. The van der Waals surface area contributed by atoms with Crippen LogP contribution in [0, 0.1) is 0 Å². The first-order valence-electron chi connectivity index (χ1n) is 11.6. The number of amides is 1. The van der Waals surface area contributed by atoms with Crippen molar-refractivity contribution in [3.8, 4) is 0 Å². The highest BCUT2D eigenvalue weighted by Crippen LogP contribution is 2.18. The number of hydrogen-bond acceptors (Lipinski definition) is 6. The van der Waals surface area contributed by atoms with Gasteiger partial charge in [-0.1, -0.05) is 18.2 Å². The van der Waals surface area contributed by atoms with Gasteiger partial charge in [-0.15, -0.1) is 0 Å². The van der Waals surface area contributed by atoms with Gasteiger partial charge in [0.1, 0.15) is 5.82 Å². The molecular weight excluding hydrogens is 402 g/mol. The number of hydrogen-bond donors (Lipinski definition) is 0. The van der Waals surface area contributed by atoms with Gasteiger partial charge in [-0.2, -0.15) is 0 Å². The van der Waals surface area contributed by atoms with E-state index in [1.807, 2.05) is 43.4 Å². The van der Waals surface area contributed by atoms with Crippen molar-refractivity contribution in [2.45, 2.75) is 25.5 Å². The minimum atomic E-state index is 0.154. The molecule has 2 aliphatic heterocycles. The number of pyridine rings is 1. The number of rotatable bonds is 8. The van der Waals surface area contributed by atoms with Crippen LogP contribution in [0.5, 0.6) is 0 Å². The van der Waals surface area contributed by atoms with Crippen LogP contribution in [-0.2, 0) is 16.1 Å². The highest BCUT2D eigenvalue weighted by Gasteiger charge is 2.26. The Bertz CT molecular complexity index is 844. The molecule has 7 heteroatoms. The molecule has 1 amide bonds. The van der Waals surface area contributed by atoms with Gasteiger partial charge in [0.2, 0.25) is 5.91 Å². The number of benzene rings is 1. The molecule has 3 heterocycles. The van der Waals surface area contributed by atoms with Crippen molar-refractivity contribution in [2.75, 3.05) is 69.8 Å². The van der Waals surface area contributed by atoms with Crippen LogP contribution in [0.3, 0.4) is 0 Å². The normalized spacial score (nSPS) is 19.2. The molecule has 0 spiro atoms. The van der Waals surface area contributed by atoms with Crippen LogP contribution >= 0.6 is 0 Å². The van der Waals surface area contributed by atoms with Crippen molar-refractivity contribution >= 4 is 17.4 Å².